The average molecular weight is 545 g/mol. The van der Waals surface area contributed by atoms with Gasteiger partial charge in [0.1, 0.15) is 17.4 Å². The van der Waals surface area contributed by atoms with Gasteiger partial charge < -0.3 is 14.9 Å². The minimum atomic E-state index is -0.851. The Hall–Kier alpha value is -2.81. The molecule has 0 amide bonds. The van der Waals surface area contributed by atoms with Crippen LogP contribution in [0, 0.1) is 23.5 Å². The molecule has 2 heterocycles. The van der Waals surface area contributed by atoms with Crippen molar-refractivity contribution in [2.75, 3.05) is 20.2 Å². The van der Waals surface area contributed by atoms with Gasteiger partial charge in [-0.05, 0) is 92.4 Å². The van der Waals surface area contributed by atoms with E-state index in [1.54, 1.807) is 19.4 Å². The number of likely N-dealkylation sites (tertiary alicyclic amines) is 1. The van der Waals surface area contributed by atoms with Crippen LogP contribution in [0.5, 0.6) is 5.75 Å². The summed E-state index contributed by atoms with van der Waals surface area (Å²) in [5.41, 5.74) is 1.54. The fourth-order valence-corrected chi connectivity index (χ4v) is 6.28. The van der Waals surface area contributed by atoms with Crippen molar-refractivity contribution in [1.82, 2.24) is 9.88 Å². The van der Waals surface area contributed by atoms with Gasteiger partial charge in [0.2, 0.25) is 0 Å². The van der Waals surface area contributed by atoms with Crippen LogP contribution in [0.2, 0.25) is 5.02 Å². The number of ether oxygens (including phenoxy) is 1. The molecule has 1 saturated carbocycles. The molecule has 3 atom stereocenters. The normalized spacial score (nSPS) is 24.7. The maximum atomic E-state index is 14.4. The zero-order valence-corrected chi connectivity index (χ0v) is 21.9. The summed E-state index contributed by atoms with van der Waals surface area (Å²) >= 11 is 5.86. The van der Waals surface area contributed by atoms with E-state index in [2.05, 4.69) is 9.88 Å². The largest absolute Gasteiger partial charge is 0.497 e. The number of aliphatic carboxylic acids is 1. The van der Waals surface area contributed by atoms with Crippen LogP contribution in [-0.2, 0) is 4.79 Å². The zero-order chi connectivity index (χ0) is 27.0. The molecule has 2 aromatic carbocycles. The third kappa shape index (κ3) is 5.22. The standard InChI is InChI=1S/C29H31ClF2N2O4/c1-38-19-3-6-25-21(14-19)20(8-10-33-25)26(35)7-2-16-9-11-34(15-22(16)29(36)37)18-12-17(13-18)27-24(31)5-4-23(30)28(27)32/h3-6,8,10,14,16-18,22,26,35H,2,7,9,11-13,15H2,1H3,(H,36,37)/t16-,17?,18?,22+,26+/m1/s1. The Bertz CT molecular complexity index is 1330. The van der Waals surface area contributed by atoms with Crippen molar-refractivity contribution in [3.8, 4) is 5.75 Å². The van der Waals surface area contributed by atoms with Crippen LogP contribution in [0.3, 0.4) is 0 Å². The van der Waals surface area contributed by atoms with Crippen molar-refractivity contribution >= 4 is 28.5 Å². The van der Waals surface area contributed by atoms with Crippen molar-refractivity contribution in [2.45, 2.75) is 50.2 Å². The first-order valence-corrected chi connectivity index (χ1v) is 13.4. The van der Waals surface area contributed by atoms with Gasteiger partial charge in [0.25, 0.3) is 0 Å². The molecule has 2 N–H and O–H groups in total. The molecule has 202 valence electrons. The van der Waals surface area contributed by atoms with E-state index >= 15 is 0 Å². The van der Waals surface area contributed by atoms with Crippen LogP contribution in [0.25, 0.3) is 10.9 Å². The van der Waals surface area contributed by atoms with E-state index < -0.39 is 29.6 Å². The summed E-state index contributed by atoms with van der Waals surface area (Å²) in [5.74, 6) is -2.35. The third-order valence-electron chi connectivity index (χ3n) is 8.37. The number of aromatic nitrogens is 1. The number of pyridine rings is 1. The predicted molar refractivity (Wildman–Crippen MR) is 140 cm³/mol. The lowest BCUT2D eigenvalue weighted by molar-refractivity contribution is -0.147. The smallest absolute Gasteiger partial charge is 0.308 e. The summed E-state index contributed by atoms with van der Waals surface area (Å²) in [6.45, 7) is 1.11. The van der Waals surface area contributed by atoms with Gasteiger partial charge in [-0.15, -0.1) is 0 Å². The number of rotatable bonds is 8. The number of hydrogen-bond donors (Lipinski definition) is 2. The molecular formula is C29H31ClF2N2O4. The summed E-state index contributed by atoms with van der Waals surface area (Å²) in [4.78, 5) is 18.7. The van der Waals surface area contributed by atoms with Crippen LogP contribution in [0.1, 0.15) is 55.3 Å². The number of benzene rings is 2. The molecule has 38 heavy (non-hydrogen) atoms. The Morgan fingerprint density at radius 1 is 1.24 bits per heavy atom. The highest BCUT2D eigenvalue weighted by Gasteiger charge is 2.42. The fourth-order valence-electron chi connectivity index (χ4n) is 6.11. The molecule has 0 unspecified atom stereocenters. The number of fused-ring (bicyclic) bond motifs is 1. The van der Waals surface area contributed by atoms with Crippen LogP contribution >= 0.6 is 11.6 Å². The summed E-state index contributed by atoms with van der Waals surface area (Å²) in [7, 11) is 1.59. The quantitative estimate of drug-likeness (QED) is 0.341. The van der Waals surface area contributed by atoms with Gasteiger partial charge in [-0.2, -0.15) is 0 Å². The van der Waals surface area contributed by atoms with E-state index in [9.17, 15) is 23.8 Å². The second-order valence-corrected chi connectivity index (χ2v) is 10.9. The highest BCUT2D eigenvalue weighted by atomic mass is 35.5. The number of carbonyl (C=O) groups is 1. The molecule has 0 spiro atoms. The van der Waals surface area contributed by atoms with E-state index in [0.717, 1.165) is 23.0 Å². The molecule has 0 radical (unpaired) electrons. The highest BCUT2D eigenvalue weighted by molar-refractivity contribution is 6.30. The number of aliphatic hydroxyl groups is 1. The number of carboxylic acid groups (broad SMARTS) is 1. The van der Waals surface area contributed by atoms with Gasteiger partial charge in [0.15, 0.2) is 0 Å². The monoisotopic (exact) mass is 544 g/mol. The van der Waals surface area contributed by atoms with Gasteiger partial charge in [0, 0.05) is 29.7 Å². The van der Waals surface area contributed by atoms with Crippen molar-refractivity contribution < 1.29 is 28.5 Å². The third-order valence-corrected chi connectivity index (χ3v) is 8.67. The summed E-state index contributed by atoms with van der Waals surface area (Å²) in [5, 5.41) is 21.7. The molecule has 6 nitrogen and oxygen atoms in total. The predicted octanol–water partition coefficient (Wildman–Crippen LogP) is 5.96. The Balaban J connectivity index is 1.21. The van der Waals surface area contributed by atoms with Crippen molar-refractivity contribution in [3.05, 3.63) is 70.4 Å². The van der Waals surface area contributed by atoms with Crippen LogP contribution in [0.15, 0.2) is 42.6 Å². The highest BCUT2D eigenvalue weighted by Crippen LogP contribution is 2.45. The second-order valence-electron chi connectivity index (χ2n) is 10.4. The first kappa shape index (κ1) is 26.8. The van der Waals surface area contributed by atoms with Crippen molar-refractivity contribution in [1.29, 1.82) is 0 Å². The lowest BCUT2D eigenvalue weighted by Crippen LogP contribution is -2.52. The molecule has 5 rings (SSSR count). The molecule has 1 saturated heterocycles. The fraction of sp³-hybridized carbons (Fsp3) is 0.448. The molecule has 1 aliphatic heterocycles. The second kappa shape index (κ2) is 11.1. The lowest BCUT2D eigenvalue weighted by Gasteiger charge is -2.47. The van der Waals surface area contributed by atoms with Gasteiger partial charge in [-0.3, -0.25) is 14.7 Å². The zero-order valence-electron chi connectivity index (χ0n) is 21.1. The SMILES string of the molecule is COc1ccc2nccc([C@@H](O)CC[C@@H]3CCN(C4CC(c5c(F)ccc(Cl)c5F)C4)C[C@@H]3C(=O)O)c2c1. The van der Waals surface area contributed by atoms with E-state index in [-0.39, 0.29) is 28.5 Å². The summed E-state index contributed by atoms with van der Waals surface area (Å²) in [6.07, 6.45) is 3.75. The number of piperidine rings is 1. The first-order chi connectivity index (χ1) is 18.3. The number of aliphatic hydroxyl groups excluding tert-OH is 1. The van der Waals surface area contributed by atoms with Crippen LogP contribution in [0.4, 0.5) is 8.78 Å². The number of hydrogen-bond acceptors (Lipinski definition) is 5. The van der Waals surface area contributed by atoms with E-state index in [1.165, 1.54) is 12.1 Å². The molecule has 0 bridgehead atoms. The van der Waals surface area contributed by atoms with Gasteiger partial charge in [-0.1, -0.05) is 11.6 Å². The molecular weight excluding hydrogens is 514 g/mol. The van der Waals surface area contributed by atoms with Crippen LogP contribution in [-0.4, -0.2) is 52.3 Å². The van der Waals surface area contributed by atoms with E-state index in [1.807, 2.05) is 18.2 Å². The number of methoxy groups -OCH3 is 1. The number of halogens is 3. The van der Waals surface area contributed by atoms with E-state index in [0.29, 0.717) is 44.4 Å². The average Bonchev–Trinajstić information content (AvgIpc) is 2.90. The minimum Gasteiger partial charge on any atom is -0.497 e. The molecule has 2 aliphatic rings. The number of nitrogens with zero attached hydrogens (tertiary/aromatic N) is 2. The van der Waals surface area contributed by atoms with Crippen LogP contribution < -0.4 is 4.74 Å². The molecule has 3 aromatic rings. The van der Waals surface area contributed by atoms with E-state index in [4.69, 9.17) is 16.3 Å². The van der Waals surface area contributed by atoms with Crippen molar-refractivity contribution in [2.24, 2.45) is 11.8 Å². The van der Waals surface area contributed by atoms with Gasteiger partial charge in [-0.25, -0.2) is 8.78 Å². The first-order valence-electron chi connectivity index (χ1n) is 13.0. The Kier molecular flexibility index (Phi) is 7.84. The topological polar surface area (TPSA) is 82.9 Å². The Labute approximate surface area is 225 Å². The maximum absolute atomic E-state index is 14.4. The summed E-state index contributed by atoms with van der Waals surface area (Å²) in [6, 6.07) is 9.82. The maximum Gasteiger partial charge on any atom is 0.308 e. The van der Waals surface area contributed by atoms with Crippen molar-refractivity contribution in [3.63, 3.8) is 0 Å². The van der Waals surface area contributed by atoms with Gasteiger partial charge in [0.05, 0.1) is 29.7 Å². The molecule has 1 aromatic heterocycles. The summed E-state index contributed by atoms with van der Waals surface area (Å²) < 4.78 is 34.0. The molecule has 9 heteroatoms. The Morgan fingerprint density at radius 2 is 2.03 bits per heavy atom. The minimum absolute atomic E-state index is 0.0358. The Morgan fingerprint density at radius 3 is 2.76 bits per heavy atom. The molecule has 1 aliphatic carbocycles. The lowest BCUT2D eigenvalue weighted by atomic mass is 9.72. The van der Waals surface area contributed by atoms with Gasteiger partial charge >= 0.3 is 5.97 Å². The molecule has 2 fully saturated rings. The number of carboxylic acids is 1.